The van der Waals surface area contributed by atoms with Gasteiger partial charge in [-0.15, -0.1) is 0 Å². The summed E-state index contributed by atoms with van der Waals surface area (Å²) in [6.45, 7) is 7.90. The topological polar surface area (TPSA) is 42.7 Å². The van der Waals surface area contributed by atoms with Crippen molar-refractivity contribution in [2.75, 3.05) is 6.54 Å². The summed E-state index contributed by atoms with van der Waals surface area (Å²) in [5.41, 5.74) is 4.28. The molecule has 1 N–H and O–H groups in total. The molecule has 0 fully saturated rings. The Morgan fingerprint density at radius 1 is 1.29 bits per heavy atom. The van der Waals surface area contributed by atoms with Crippen LogP contribution >= 0.6 is 0 Å². The van der Waals surface area contributed by atoms with E-state index in [0.717, 1.165) is 35.9 Å². The molecule has 0 unspecified atom stereocenters. The third-order valence-corrected chi connectivity index (χ3v) is 2.61. The Bertz CT molecular complexity index is 502. The quantitative estimate of drug-likeness (QED) is 0.873. The van der Waals surface area contributed by atoms with Gasteiger partial charge in [-0.3, -0.25) is 4.98 Å². The second-order valence-corrected chi connectivity index (χ2v) is 4.12. The first kappa shape index (κ1) is 11.8. The van der Waals surface area contributed by atoms with Crippen LogP contribution in [0.1, 0.15) is 24.0 Å². The van der Waals surface area contributed by atoms with Crippen LogP contribution in [0.5, 0.6) is 0 Å². The number of hydrogen-bond donors (Lipinski definition) is 1. The van der Waals surface area contributed by atoms with Crippen LogP contribution in [0.2, 0.25) is 0 Å². The molecule has 0 atom stereocenters. The van der Waals surface area contributed by atoms with Crippen molar-refractivity contribution in [1.29, 1.82) is 0 Å². The first-order valence-electron chi connectivity index (χ1n) is 5.90. The molecule has 2 heterocycles. The van der Waals surface area contributed by atoms with Crippen LogP contribution in [-0.4, -0.2) is 21.3 Å². The van der Waals surface area contributed by atoms with Crippen LogP contribution in [0, 0.1) is 13.8 Å². The summed E-state index contributed by atoms with van der Waals surface area (Å²) < 4.78 is 1.95. The van der Waals surface area contributed by atoms with E-state index in [4.69, 9.17) is 0 Å². The standard InChI is InChI=1S/C13H18N4/c1-4-14-9-12-8-13(5-6-15-12)17-11(3)7-10(2)16-17/h5-8,14H,4,9H2,1-3H3. The summed E-state index contributed by atoms with van der Waals surface area (Å²) in [4.78, 5) is 4.34. The van der Waals surface area contributed by atoms with Gasteiger partial charge in [0.25, 0.3) is 0 Å². The molecule has 0 saturated carbocycles. The van der Waals surface area contributed by atoms with Gasteiger partial charge in [0, 0.05) is 18.4 Å². The lowest BCUT2D eigenvalue weighted by molar-refractivity contribution is 0.708. The zero-order chi connectivity index (χ0) is 12.3. The van der Waals surface area contributed by atoms with Crippen molar-refractivity contribution in [2.45, 2.75) is 27.3 Å². The van der Waals surface area contributed by atoms with Gasteiger partial charge in [0.2, 0.25) is 0 Å². The lowest BCUT2D eigenvalue weighted by Crippen LogP contribution is -2.13. The predicted octanol–water partition coefficient (Wildman–Crippen LogP) is 1.99. The summed E-state index contributed by atoms with van der Waals surface area (Å²) in [6.07, 6.45) is 1.83. The summed E-state index contributed by atoms with van der Waals surface area (Å²) in [7, 11) is 0. The molecule has 4 nitrogen and oxygen atoms in total. The molecule has 0 aliphatic rings. The smallest absolute Gasteiger partial charge is 0.0682 e. The highest BCUT2D eigenvalue weighted by molar-refractivity contribution is 5.33. The zero-order valence-electron chi connectivity index (χ0n) is 10.6. The first-order valence-corrected chi connectivity index (χ1v) is 5.90. The number of nitrogens with zero attached hydrogens (tertiary/aromatic N) is 3. The Morgan fingerprint density at radius 2 is 2.12 bits per heavy atom. The average Bonchev–Trinajstić information content (AvgIpc) is 2.66. The molecular formula is C13H18N4. The number of pyridine rings is 1. The highest BCUT2D eigenvalue weighted by Crippen LogP contribution is 2.12. The van der Waals surface area contributed by atoms with E-state index >= 15 is 0 Å². The fourth-order valence-corrected chi connectivity index (χ4v) is 1.84. The second kappa shape index (κ2) is 5.10. The van der Waals surface area contributed by atoms with E-state index in [-0.39, 0.29) is 0 Å². The maximum absolute atomic E-state index is 4.47. The van der Waals surface area contributed by atoms with E-state index in [0.29, 0.717) is 0 Å². The Kier molecular flexibility index (Phi) is 3.54. The molecule has 4 heteroatoms. The lowest BCUT2D eigenvalue weighted by atomic mass is 10.3. The number of hydrogen-bond acceptors (Lipinski definition) is 3. The number of rotatable bonds is 4. The summed E-state index contributed by atoms with van der Waals surface area (Å²) in [5, 5.41) is 7.74. The minimum atomic E-state index is 0.795. The molecule has 2 rings (SSSR count). The molecule has 2 aromatic heterocycles. The van der Waals surface area contributed by atoms with E-state index in [9.17, 15) is 0 Å². The average molecular weight is 230 g/mol. The van der Waals surface area contributed by atoms with Crippen LogP contribution in [0.3, 0.4) is 0 Å². The fourth-order valence-electron chi connectivity index (χ4n) is 1.84. The molecule has 0 radical (unpaired) electrons. The molecule has 90 valence electrons. The molecule has 0 spiro atoms. The maximum Gasteiger partial charge on any atom is 0.0682 e. The van der Waals surface area contributed by atoms with Gasteiger partial charge in [0.05, 0.1) is 17.1 Å². The minimum Gasteiger partial charge on any atom is -0.311 e. The third-order valence-electron chi connectivity index (χ3n) is 2.61. The molecular weight excluding hydrogens is 212 g/mol. The fraction of sp³-hybridized carbons (Fsp3) is 0.385. The summed E-state index contributed by atoms with van der Waals surface area (Å²) >= 11 is 0. The summed E-state index contributed by atoms with van der Waals surface area (Å²) in [6, 6.07) is 6.13. The van der Waals surface area contributed by atoms with Gasteiger partial charge in [-0.05, 0) is 38.6 Å². The molecule has 0 saturated heterocycles. The molecule has 2 aromatic rings. The van der Waals surface area contributed by atoms with E-state index in [1.165, 1.54) is 0 Å². The number of aromatic nitrogens is 3. The molecule has 17 heavy (non-hydrogen) atoms. The van der Waals surface area contributed by atoms with E-state index in [1.54, 1.807) is 0 Å². The molecule has 0 amide bonds. The molecule has 0 aliphatic carbocycles. The van der Waals surface area contributed by atoms with Gasteiger partial charge < -0.3 is 5.32 Å². The van der Waals surface area contributed by atoms with Crippen LogP contribution in [0.4, 0.5) is 0 Å². The zero-order valence-corrected chi connectivity index (χ0v) is 10.6. The van der Waals surface area contributed by atoms with Crippen molar-refractivity contribution >= 4 is 0 Å². The maximum atomic E-state index is 4.47. The highest BCUT2D eigenvalue weighted by Gasteiger charge is 2.04. The molecule has 0 bridgehead atoms. The number of nitrogens with one attached hydrogen (secondary N) is 1. The Labute approximate surface area is 102 Å². The minimum absolute atomic E-state index is 0.795. The Hall–Kier alpha value is -1.68. The van der Waals surface area contributed by atoms with Crippen molar-refractivity contribution < 1.29 is 0 Å². The van der Waals surface area contributed by atoms with Crippen LogP contribution in [-0.2, 0) is 6.54 Å². The van der Waals surface area contributed by atoms with E-state index in [1.807, 2.05) is 23.9 Å². The predicted molar refractivity (Wildman–Crippen MR) is 68.2 cm³/mol. The first-order chi connectivity index (χ1) is 8.20. The van der Waals surface area contributed by atoms with Crippen molar-refractivity contribution in [3.63, 3.8) is 0 Å². The van der Waals surface area contributed by atoms with E-state index in [2.05, 4.69) is 41.4 Å². The van der Waals surface area contributed by atoms with Crippen LogP contribution < -0.4 is 5.32 Å². The van der Waals surface area contributed by atoms with Gasteiger partial charge in [0.1, 0.15) is 0 Å². The van der Waals surface area contributed by atoms with Gasteiger partial charge in [-0.1, -0.05) is 6.92 Å². The Balaban J connectivity index is 2.29. The Morgan fingerprint density at radius 3 is 2.76 bits per heavy atom. The van der Waals surface area contributed by atoms with E-state index < -0.39 is 0 Å². The largest absolute Gasteiger partial charge is 0.311 e. The van der Waals surface area contributed by atoms with Crippen LogP contribution in [0.25, 0.3) is 5.69 Å². The van der Waals surface area contributed by atoms with Crippen molar-refractivity contribution in [2.24, 2.45) is 0 Å². The molecule has 0 aliphatic heterocycles. The lowest BCUT2D eigenvalue weighted by Gasteiger charge is -2.06. The van der Waals surface area contributed by atoms with Crippen molar-refractivity contribution in [3.8, 4) is 5.69 Å². The summed E-state index contributed by atoms with van der Waals surface area (Å²) in [5.74, 6) is 0. The van der Waals surface area contributed by atoms with Gasteiger partial charge in [-0.2, -0.15) is 5.10 Å². The van der Waals surface area contributed by atoms with Crippen molar-refractivity contribution in [1.82, 2.24) is 20.1 Å². The highest BCUT2D eigenvalue weighted by atomic mass is 15.3. The normalized spacial score (nSPS) is 10.8. The monoisotopic (exact) mass is 230 g/mol. The SMILES string of the molecule is CCNCc1cc(-n2nc(C)cc2C)ccn1. The van der Waals surface area contributed by atoms with Gasteiger partial charge in [-0.25, -0.2) is 4.68 Å². The van der Waals surface area contributed by atoms with Gasteiger partial charge in [0.15, 0.2) is 0 Å². The third kappa shape index (κ3) is 2.71. The van der Waals surface area contributed by atoms with Crippen molar-refractivity contribution in [3.05, 3.63) is 41.5 Å². The molecule has 0 aromatic carbocycles. The number of aryl methyl sites for hydroxylation is 2. The second-order valence-electron chi connectivity index (χ2n) is 4.12. The van der Waals surface area contributed by atoms with Crippen LogP contribution in [0.15, 0.2) is 24.4 Å². The van der Waals surface area contributed by atoms with Gasteiger partial charge >= 0.3 is 0 Å².